The summed E-state index contributed by atoms with van der Waals surface area (Å²) in [7, 11) is 0. The van der Waals surface area contributed by atoms with E-state index in [9.17, 15) is 0 Å². The van der Waals surface area contributed by atoms with Crippen molar-refractivity contribution >= 4 is 5.69 Å². The normalized spacial score (nSPS) is 19.5. The van der Waals surface area contributed by atoms with Gasteiger partial charge in [-0.3, -0.25) is 0 Å². The van der Waals surface area contributed by atoms with Crippen LogP contribution < -0.4 is 10.5 Å². The number of hydrogen-bond acceptors (Lipinski definition) is 4. The fourth-order valence-electron chi connectivity index (χ4n) is 1.86. The van der Waals surface area contributed by atoms with Gasteiger partial charge in [-0.25, -0.2) is 0 Å². The summed E-state index contributed by atoms with van der Waals surface area (Å²) in [6.45, 7) is 4.61. The van der Waals surface area contributed by atoms with Gasteiger partial charge in [0.1, 0.15) is 5.75 Å². The molecule has 1 atom stereocenters. The zero-order chi connectivity index (χ0) is 12.1. The number of anilines is 1. The van der Waals surface area contributed by atoms with Gasteiger partial charge >= 0.3 is 0 Å². The Labute approximate surface area is 102 Å². The van der Waals surface area contributed by atoms with Gasteiger partial charge in [-0.2, -0.15) is 0 Å². The Morgan fingerprint density at radius 2 is 2.35 bits per heavy atom. The third-order valence-corrected chi connectivity index (χ3v) is 2.75. The van der Waals surface area contributed by atoms with Crippen molar-refractivity contribution in [3.8, 4) is 5.75 Å². The first-order chi connectivity index (χ1) is 8.29. The third kappa shape index (κ3) is 3.35. The predicted octanol–water partition coefficient (Wildman–Crippen LogP) is 1.97. The second-order valence-corrected chi connectivity index (χ2v) is 4.10. The van der Waals surface area contributed by atoms with Gasteiger partial charge in [0.05, 0.1) is 25.9 Å². The van der Waals surface area contributed by atoms with Crippen LogP contribution in [0.4, 0.5) is 5.69 Å². The van der Waals surface area contributed by atoms with Crippen molar-refractivity contribution in [2.45, 2.75) is 26.1 Å². The van der Waals surface area contributed by atoms with Crippen LogP contribution in [-0.2, 0) is 16.1 Å². The molecule has 0 amide bonds. The predicted molar refractivity (Wildman–Crippen MR) is 66.0 cm³/mol. The maximum Gasteiger partial charge on any atom is 0.124 e. The molecular formula is C13H19NO3. The molecule has 1 fully saturated rings. The highest BCUT2D eigenvalue weighted by Gasteiger charge is 2.16. The van der Waals surface area contributed by atoms with E-state index in [2.05, 4.69) is 0 Å². The Kier molecular flexibility index (Phi) is 4.23. The number of nitrogens with two attached hydrogens (primary N) is 1. The van der Waals surface area contributed by atoms with Crippen LogP contribution in [0.2, 0.25) is 0 Å². The summed E-state index contributed by atoms with van der Waals surface area (Å²) in [6.07, 6.45) is 1.16. The van der Waals surface area contributed by atoms with Crippen molar-refractivity contribution in [1.29, 1.82) is 0 Å². The van der Waals surface area contributed by atoms with Crippen LogP contribution in [-0.4, -0.2) is 25.9 Å². The smallest absolute Gasteiger partial charge is 0.124 e. The molecule has 94 valence electrons. The van der Waals surface area contributed by atoms with E-state index in [0.717, 1.165) is 30.0 Å². The van der Waals surface area contributed by atoms with Gasteiger partial charge in [-0.15, -0.1) is 0 Å². The molecule has 1 unspecified atom stereocenters. The maximum atomic E-state index is 5.77. The maximum absolute atomic E-state index is 5.77. The number of nitrogen functional groups attached to an aromatic ring is 1. The molecule has 1 aromatic rings. The van der Waals surface area contributed by atoms with E-state index in [1.807, 2.05) is 25.1 Å². The van der Waals surface area contributed by atoms with Gasteiger partial charge in [0.25, 0.3) is 0 Å². The summed E-state index contributed by atoms with van der Waals surface area (Å²) >= 11 is 0. The zero-order valence-corrected chi connectivity index (χ0v) is 10.1. The molecule has 1 heterocycles. The molecule has 1 aliphatic heterocycles. The highest BCUT2D eigenvalue weighted by molar-refractivity contribution is 5.47. The Hall–Kier alpha value is -1.26. The minimum absolute atomic E-state index is 0.200. The zero-order valence-electron chi connectivity index (χ0n) is 10.1. The Morgan fingerprint density at radius 1 is 1.47 bits per heavy atom. The monoisotopic (exact) mass is 237 g/mol. The molecule has 4 nitrogen and oxygen atoms in total. The minimum atomic E-state index is 0.200. The lowest BCUT2D eigenvalue weighted by molar-refractivity contribution is 0.0307. The fourth-order valence-corrected chi connectivity index (χ4v) is 1.86. The largest absolute Gasteiger partial charge is 0.494 e. The highest BCUT2D eigenvalue weighted by atomic mass is 16.5. The second kappa shape index (κ2) is 5.89. The molecule has 2 N–H and O–H groups in total. The van der Waals surface area contributed by atoms with Crippen molar-refractivity contribution in [2.75, 3.05) is 25.6 Å². The van der Waals surface area contributed by atoms with E-state index >= 15 is 0 Å². The lowest BCUT2D eigenvalue weighted by atomic mass is 10.2. The fraction of sp³-hybridized carbons (Fsp3) is 0.538. The molecule has 0 bridgehead atoms. The van der Waals surface area contributed by atoms with Crippen LogP contribution in [0.15, 0.2) is 18.2 Å². The molecule has 1 saturated heterocycles. The SMILES string of the molecule is CCOc1ccc(N)cc1COC1CCOC1. The molecular weight excluding hydrogens is 218 g/mol. The molecule has 1 aliphatic rings. The van der Waals surface area contributed by atoms with Crippen LogP contribution in [0.1, 0.15) is 18.9 Å². The molecule has 17 heavy (non-hydrogen) atoms. The molecule has 0 radical (unpaired) electrons. The number of rotatable bonds is 5. The summed E-state index contributed by atoms with van der Waals surface area (Å²) < 4.78 is 16.6. The van der Waals surface area contributed by atoms with Crippen LogP contribution in [0.3, 0.4) is 0 Å². The summed E-state index contributed by atoms with van der Waals surface area (Å²) in [4.78, 5) is 0. The van der Waals surface area contributed by atoms with Crippen molar-refractivity contribution in [3.05, 3.63) is 23.8 Å². The Bertz CT molecular complexity index is 362. The number of hydrogen-bond donors (Lipinski definition) is 1. The van der Waals surface area contributed by atoms with E-state index < -0.39 is 0 Å². The Morgan fingerprint density at radius 3 is 3.06 bits per heavy atom. The summed E-state index contributed by atoms with van der Waals surface area (Å²) in [5.41, 5.74) is 7.50. The van der Waals surface area contributed by atoms with Crippen molar-refractivity contribution in [3.63, 3.8) is 0 Å². The van der Waals surface area contributed by atoms with E-state index in [-0.39, 0.29) is 6.10 Å². The van der Waals surface area contributed by atoms with Crippen LogP contribution in [0.25, 0.3) is 0 Å². The molecule has 0 spiro atoms. The van der Waals surface area contributed by atoms with E-state index in [1.165, 1.54) is 0 Å². The first-order valence-corrected chi connectivity index (χ1v) is 6.00. The molecule has 0 saturated carbocycles. The molecule has 1 aromatic carbocycles. The van der Waals surface area contributed by atoms with E-state index in [4.69, 9.17) is 19.9 Å². The summed E-state index contributed by atoms with van der Waals surface area (Å²) in [5, 5.41) is 0. The third-order valence-electron chi connectivity index (χ3n) is 2.75. The molecule has 0 aromatic heterocycles. The topological polar surface area (TPSA) is 53.7 Å². The van der Waals surface area contributed by atoms with Crippen LogP contribution >= 0.6 is 0 Å². The van der Waals surface area contributed by atoms with Crippen LogP contribution in [0, 0.1) is 0 Å². The summed E-state index contributed by atoms with van der Waals surface area (Å²) in [6, 6.07) is 5.64. The molecule has 0 aliphatic carbocycles. The highest BCUT2D eigenvalue weighted by Crippen LogP contribution is 2.23. The second-order valence-electron chi connectivity index (χ2n) is 4.10. The average Bonchev–Trinajstić information content (AvgIpc) is 2.82. The van der Waals surface area contributed by atoms with Crippen molar-refractivity contribution in [1.82, 2.24) is 0 Å². The van der Waals surface area contributed by atoms with Gasteiger partial charge in [-0.1, -0.05) is 0 Å². The van der Waals surface area contributed by atoms with Crippen molar-refractivity contribution < 1.29 is 14.2 Å². The van der Waals surface area contributed by atoms with E-state index in [0.29, 0.717) is 19.8 Å². The first kappa shape index (κ1) is 12.2. The quantitative estimate of drug-likeness (QED) is 0.795. The van der Waals surface area contributed by atoms with Gasteiger partial charge in [0.2, 0.25) is 0 Å². The average molecular weight is 237 g/mol. The van der Waals surface area contributed by atoms with E-state index in [1.54, 1.807) is 0 Å². The lowest BCUT2D eigenvalue weighted by Crippen LogP contribution is -2.12. The minimum Gasteiger partial charge on any atom is -0.494 e. The summed E-state index contributed by atoms with van der Waals surface area (Å²) in [5.74, 6) is 0.848. The molecule has 4 heteroatoms. The standard InChI is InChI=1S/C13H19NO3/c1-2-16-13-4-3-11(14)7-10(13)8-17-12-5-6-15-9-12/h3-4,7,12H,2,5-6,8-9,14H2,1H3. The van der Waals surface area contributed by atoms with Gasteiger partial charge in [0, 0.05) is 17.9 Å². The van der Waals surface area contributed by atoms with Gasteiger partial charge < -0.3 is 19.9 Å². The van der Waals surface area contributed by atoms with Gasteiger partial charge in [-0.05, 0) is 31.5 Å². The lowest BCUT2D eigenvalue weighted by Gasteiger charge is -2.14. The van der Waals surface area contributed by atoms with Gasteiger partial charge in [0.15, 0.2) is 0 Å². The number of ether oxygens (including phenoxy) is 3. The molecule has 2 rings (SSSR count). The number of benzene rings is 1. The Balaban J connectivity index is 1.99. The van der Waals surface area contributed by atoms with Crippen molar-refractivity contribution in [2.24, 2.45) is 0 Å². The van der Waals surface area contributed by atoms with Crippen LogP contribution in [0.5, 0.6) is 5.75 Å². The first-order valence-electron chi connectivity index (χ1n) is 6.00.